The molecule has 23 heavy (non-hydrogen) atoms. The maximum Gasteiger partial charge on any atom is 0.229 e. The molecule has 0 saturated carbocycles. The van der Waals surface area contributed by atoms with Crippen molar-refractivity contribution < 1.29 is 17.9 Å². The highest BCUT2D eigenvalue weighted by molar-refractivity contribution is 7.92. The smallest absolute Gasteiger partial charge is 0.229 e. The fraction of sp³-hybridized carbons (Fsp3) is 0.462. The lowest BCUT2D eigenvalue weighted by Gasteiger charge is -2.20. The number of carbonyl (C=O) groups is 1. The number of carbonyl (C=O) groups excluding carboxylic acids is 1. The average molecular weight is 341 g/mol. The standard InChI is InChI=1S/C13H19N5O4S/c1-13(2,3)12(19)15-10-6-8(16-18-14)9(7-11(10)22-4)17-23(5,20)21/h6-7,17H,1-5H3,(H,15,19). The normalized spacial score (nSPS) is 11.3. The van der Waals surface area contributed by atoms with Gasteiger partial charge >= 0.3 is 0 Å². The van der Waals surface area contributed by atoms with Crippen LogP contribution in [0.1, 0.15) is 20.8 Å². The molecule has 1 aromatic carbocycles. The molecule has 0 aliphatic carbocycles. The molecule has 0 atom stereocenters. The number of azide groups is 1. The van der Waals surface area contributed by atoms with Gasteiger partial charge in [-0.2, -0.15) is 0 Å². The van der Waals surface area contributed by atoms with E-state index in [9.17, 15) is 13.2 Å². The summed E-state index contributed by atoms with van der Waals surface area (Å²) in [4.78, 5) is 14.8. The number of amides is 1. The van der Waals surface area contributed by atoms with Gasteiger partial charge in [0.25, 0.3) is 0 Å². The highest BCUT2D eigenvalue weighted by Crippen LogP contribution is 2.37. The molecule has 2 N–H and O–H groups in total. The Kier molecular flexibility index (Phi) is 5.46. The number of hydrogen-bond donors (Lipinski definition) is 2. The second-order valence-electron chi connectivity index (χ2n) is 5.84. The minimum atomic E-state index is -3.58. The molecule has 1 rings (SSSR count). The number of rotatable bonds is 5. The summed E-state index contributed by atoms with van der Waals surface area (Å²) >= 11 is 0. The SMILES string of the molecule is COc1cc(NS(C)(=O)=O)c(N=[N+]=[N-])cc1NC(=O)C(C)(C)C. The van der Waals surface area contributed by atoms with Crippen molar-refractivity contribution in [3.8, 4) is 5.75 Å². The first-order chi connectivity index (χ1) is 10.5. The Morgan fingerprint density at radius 3 is 2.35 bits per heavy atom. The van der Waals surface area contributed by atoms with Crippen molar-refractivity contribution in [2.75, 3.05) is 23.4 Å². The largest absolute Gasteiger partial charge is 0.494 e. The van der Waals surface area contributed by atoms with Gasteiger partial charge < -0.3 is 10.1 Å². The fourth-order valence-corrected chi connectivity index (χ4v) is 2.12. The van der Waals surface area contributed by atoms with E-state index in [1.54, 1.807) is 20.8 Å². The van der Waals surface area contributed by atoms with Crippen molar-refractivity contribution in [3.63, 3.8) is 0 Å². The first kappa shape index (κ1) is 18.6. The van der Waals surface area contributed by atoms with Crippen molar-refractivity contribution >= 4 is 33.0 Å². The van der Waals surface area contributed by atoms with Gasteiger partial charge in [0, 0.05) is 16.4 Å². The Balaban J connectivity index is 3.41. The molecule has 0 aliphatic rings. The fourth-order valence-electron chi connectivity index (χ4n) is 1.56. The summed E-state index contributed by atoms with van der Waals surface area (Å²) in [6.45, 7) is 5.22. The first-order valence-electron chi connectivity index (χ1n) is 6.54. The molecule has 0 radical (unpaired) electrons. The van der Waals surface area contributed by atoms with E-state index in [-0.39, 0.29) is 28.7 Å². The molecule has 1 aromatic rings. The predicted molar refractivity (Wildman–Crippen MR) is 88.4 cm³/mol. The summed E-state index contributed by atoms with van der Waals surface area (Å²) in [5.41, 5.74) is 8.33. The molecule has 0 aliphatic heterocycles. The number of hydrogen-bond acceptors (Lipinski definition) is 5. The van der Waals surface area contributed by atoms with E-state index in [4.69, 9.17) is 10.3 Å². The van der Waals surface area contributed by atoms with Crippen LogP contribution in [-0.2, 0) is 14.8 Å². The lowest BCUT2D eigenvalue weighted by molar-refractivity contribution is -0.123. The zero-order valence-corrected chi connectivity index (χ0v) is 14.4. The van der Waals surface area contributed by atoms with Gasteiger partial charge in [0.2, 0.25) is 15.9 Å². The van der Waals surface area contributed by atoms with Gasteiger partial charge in [-0.25, -0.2) is 8.42 Å². The second-order valence-corrected chi connectivity index (χ2v) is 7.59. The Morgan fingerprint density at radius 1 is 1.30 bits per heavy atom. The van der Waals surface area contributed by atoms with Gasteiger partial charge in [-0.05, 0) is 11.6 Å². The van der Waals surface area contributed by atoms with Gasteiger partial charge in [-0.15, -0.1) is 0 Å². The van der Waals surface area contributed by atoms with Crippen LogP contribution >= 0.6 is 0 Å². The average Bonchev–Trinajstić information content (AvgIpc) is 2.39. The summed E-state index contributed by atoms with van der Waals surface area (Å²) in [6, 6.07) is 2.68. The maximum absolute atomic E-state index is 12.1. The van der Waals surface area contributed by atoms with Crippen LogP contribution in [0.2, 0.25) is 0 Å². The highest BCUT2D eigenvalue weighted by Gasteiger charge is 2.23. The van der Waals surface area contributed by atoms with Crippen LogP contribution in [-0.4, -0.2) is 27.7 Å². The third-order valence-corrected chi connectivity index (χ3v) is 3.29. The number of nitrogens with one attached hydrogen (secondary N) is 2. The minimum Gasteiger partial charge on any atom is -0.494 e. The summed E-state index contributed by atoms with van der Waals surface area (Å²) in [5.74, 6) is -0.0443. The molecule has 0 aromatic heterocycles. The van der Waals surface area contributed by atoms with Crippen molar-refractivity contribution in [1.29, 1.82) is 0 Å². The molecule has 0 spiro atoms. The van der Waals surface area contributed by atoms with E-state index < -0.39 is 15.4 Å². The van der Waals surface area contributed by atoms with E-state index in [2.05, 4.69) is 20.1 Å². The second kappa shape index (κ2) is 6.76. The van der Waals surface area contributed by atoms with E-state index in [1.165, 1.54) is 19.2 Å². The number of benzene rings is 1. The summed E-state index contributed by atoms with van der Waals surface area (Å²) in [6.07, 6.45) is 0.967. The molecule has 0 bridgehead atoms. The third kappa shape index (κ3) is 5.35. The molecule has 126 valence electrons. The van der Waals surface area contributed by atoms with E-state index in [0.717, 1.165) is 6.26 Å². The number of ether oxygens (including phenoxy) is 1. The van der Waals surface area contributed by atoms with E-state index in [1.807, 2.05) is 0 Å². The Hall–Kier alpha value is -2.45. The molecular formula is C13H19N5O4S. The summed E-state index contributed by atoms with van der Waals surface area (Å²) in [7, 11) is -2.20. The van der Waals surface area contributed by atoms with Crippen LogP contribution < -0.4 is 14.8 Å². The molecule has 9 nitrogen and oxygen atoms in total. The van der Waals surface area contributed by atoms with Crippen molar-refractivity contribution in [2.24, 2.45) is 10.5 Å². The Bertz CT molecular complexity index is 761. The molecule has 0 unspecified atom stereocenters. The number of sulfonamides is 1. The number of nitrogens with zero attached hydrogens (tertiary/aromatic N) is 3. The first-order valence-corrected chi connectivity index (χ1v) is 8.43. The zero-order chi connectivity index (χ0) is 17.8. The van der Waals surface area contributed by atoms with Crippen LogP contribution in [0.5, 0.6) is 5.75 Å². The lowest BCUT2D eigenvalue weighted by atomic mass is 9.95. The molecule has 0 heterocycles. The van der Waals surface area contributed by atoms with E-state index in [0.29, 0.717) is 0 Å². The van der Waals surface area contributed by atoms with Crippen LogP contribution in [0.25, 0.3) is 10.4 Å². The summed E-state index contributed by atoms with van der Waals surface area (Å²) < 4.78 is 30.2. The Labute approximate surface area is 134 Å². The predicted octanol–water partition coefficient (Wildman–Crippen LogP) is 2.99. The quantitative estimate of drug-likeness (QED) is 0.483. The topological polar surface area (TPSA) is 133 Å². The van der Waals surface area contributed by atoms with Crippen LogP contribution in [0, 0.1) is 5.41 Å². The van der Waals surface area contributed by atoms with Gasteiger partial charge in [0.05, 0.1) is 30.4 Å². The molecular weight excluding hydrogens is 322 g/mol. The summed E-state index contributed by atoms with van der Waals surface area (Å²) in [5, 5.41) is 6.11. The van der Waals surface area contributed by atoms with Crippen LogP contribution in [0.3, 0.4) is 0 Å². The number of anilines is 2. The minimum absolute atomic E-state index is 0.0166. The van der Waals surface area contributed by atoms with E-state index >= 15 is 0 Å². The zero-order valence-electron chi connectivity index (χ0n) is 13.5. The van der Waals surface area contributed by atoms with Gasteiger partial charge in [-0.1, -0.05) is 25.9 Å². The van der Waals surface area contributed by atoms with Crippen LogP contribution in [0.15, 0.2) is 17.2 Å². The third-order valence-electron chi connectivity index (χ3n) is 2.70. The Morgan fingerprint density at radius 2 is 1.91 bits per heavy atom. The van der Waals surface area contributed by atoms with Gasteiger partial charge in [0.15, 0.2) is 0 Å². The maximum atomic E-state index is 12.1. The van der Waals surface area contributed by atoms with Crippen molar-refractivity contribution in [2.45, 2.75) is 20.8 Å². The lowest BCUT2D eigenvalue weighted by Crippen LogP contribution is -2.27. The number of methoxy groups -OCH3 is 1. The van der Waals surface area contributed by atoms with Gasteiger partial charge in [0.1, 0.15) is 5.75 Å². The van der Waals surface area contributed by atoms with Crippen molar-refractivity contribution in [1.82, 2.24) is 0 Å². The monoisotopic (exact) mass is 341 g/mol. The molecule has 10 heteroatoms. The molecule has 1 amide bonds. The van der Waals surface area contributed by atoms with Crippen molar-refractivity contribution in [3.05, 3.63) is 22.6 Å². The molecule has 0 saturated heterocycles. The van der Waals surface area contributed by atoms with Gasteiger partial charge in [-0.3, -0.25) is 9.52 Å². The molecule has 0 fully saturated rings. The highest BCUT2D eigenvalue weighted by atomic mass is 32.2. The van der Waals surface area contributed by atoms with Crippen LogP contribution in [0.4, 0.5) is 17.1 Å².